The van der Waals surface area contributed by atoms with Crippen molar-refractivity contribution in [3.63, 3.8) is 0 Å². The molecule has 6 nitrogen and oxygen atoms in total. The van der Waals surface area contributed by atoms with E-state index in [1.165, 1.54) is 0 Å². The maximum atomic E-state index is 8.87. The Balaban J connectivity index is 2.31. The first kappa shape index (κ1) is 8.61. The van der Waals surface area contributed by atoms with E-state index in [4.69, 9.17) is 15.6 Å². The number of rotatable bonds is 2. The number of aromatic nitrogens is 3. The standard InChI is InChI=1S/C7H12N4O2/c8-5(3-12)7-10-9-6-4-13-2-1-11(6)7/h5,12H,1-4,8H2. The van der Waals surface area contributed by atoms with Crippen LogP contribution >= 0.6 is 0 Å². The second-order valence-corrected chi connectivity index (χ2v) is 2.97. The highest BCUT2D eigenvalue weighted by molar-refractivity contribution is 5.01. The molecule has 1 unspecified atom stereocenters. The summed E-state index contributed by atoms with van der Waals surface area (Å²) in [6.07, 6.45) is 0. The summed E-state index contributed by atoms with van der Waals surface area (Å²) in [6.45, 7) is 1.73. The minimum absolute atomic E-state index is 0.112. The highest BCUT2D eigenvalue weighted by Crippen LogP contribution is 2.13. The number of hydrogen-bond donors (Lipinski definition) is 2. The van der Waals surface area contributed by atoms with Crippen molar-refractivity contribution < 1.29 is 9.84 Å². The van der Waals surface area contributed by atoms with E-state index in [-0.39, 0.29) is 6.61 Å². The Labute approximate surface area is 75.3 Å². The lowest BCUT2D eigenvalue weighted by Gasteiger charge is -2.17. The van der Waals surface area contributed by atoms with Gasteiger partial charge in [-0.15, -0.1) is 10.2 Å². The van der Waals surface area contributed by atoms with Crippen LogP contribution < -0.4 is 5.73 Å². The fourth-order valence-corrected chi connectivity index (χ4v) is 1.37. The summed E-state index contributed by atoms with van der Waals surface area (Å²) in [5.41, 5.74) is 5.65. The van der Waals surface area contributed by atoms with Crippen LogP contribution in [0.4, 0.5) is 0 Å². The first-order chi connectivity index (χ1) is 6.33. The molecule has 1 aromatic heterocycles. The van der Waals surface area contributed by atoms with Gasteiger partial charge in [-0.3, -0.25) is 0 Å². The topological polar surface area (TPSA) is 86.2 Å². The maximum Gasteiger partial charge on any atom is 0.159 e. The maximum absolute atomic E-state index is 8.87. The Kier molecular flexibility index (Phi) is 2.26. The Morgan fingerprint density at radius 3 is 3.23 bits per heavy atom. The van der Waals surface area contributed by atoms with E-state index in [9.17, 15) is 0 Å². The lowest BCUT2D eigenvalue weighted by molar-refractivity contribution is 0.0797. The van der Waals surface area contributed by atoms with E-state index in [1.54, 1.807) is 0 Å². The van der Waals surface area contributed by atoms with E-state index in [2.05, 4.69) is 10.2 Å². The van der Waals surface area contributed by atoms with Crippen molar-refractivity contribution in [2.45, 2.75) is 19.2 Å². The van der Waals surface area contributed by atoms with E-state index in [0.717, 1.165) is 5.82 Å². The lowest BCUT2D eigenvalue weighted by atomic mass is 10.3. The summed E-state index contributed by atoms with van der Waals surface area (Å²) >= 11 is 0. The van der Waals surface area contributed by atoms with Gasteiger partial charge in [0, 0.05) is 6.54 Å². The average Bonchev–Trinajstić information content (AvgIpc) is 2.60. The number of ether oxygens (including phenoxy) is 1. The molecule has 0 fully saturated rings. The molecule has 0 bridgehead atoms. The van der Waals surface area contributed by atoms with Crippen molar-refractivity contribution in [2.24, 2.45) is 5.73 Å². The number of nitrogens with zero attached hydrogens (tertiary/aromatic N) is 3. The monoisotopic (exact) mass is 184 g/mol. The van der Waals surface area contributed by atoms with Crippen molar-refractivity contribution in [1.82, 2.24) is 14.8 Å². The third kappa shape index (κ3) is 1.43. The zero-order valence-electron chi connectivity index (χ0n) is 7.18. The van der Waals surface area contributed by atoms with Gasteiger partial charge in [0.15, 0.2) is 11.6 Å². The van der Waals surface area contributed by atoms with Crippen LogP contribution in [0.3, 0.4) is 0 Å². The molecular formula is C7H12N4O2. The van der Waals surface area contributed by atoms with Gasteiger partial charge in [0.25, 0.3) is 0 Å². The summed E-state index contributed by atoms with van der Waals surface area (Å²) in [4.78, 5) is 0. The first-order valence-electron chi connectivity index (χ1n) is 4.19. The molecule has 0 saturated carbocycles. The Morgan fingerprint density at radius 1 is 1.62 bits per heavy atom. The molecule has 2 rings (SSSR count). The molecule has 1 atom stereocenters. The highest BCUT2D eigenvalue weighted by atomic mass is 16.5. The number of aliphatic hydroxyl groups is 1. The van der Waals surface area contributed by atoms with Gasteiger partial charge < -0.3 is 20.1 Å². The molecule has 0 radical (unpaired) electrons. The van der Waals surface area contributed by atoms with E-state index in [0.29, 0.717) is 25.6 Å². The van der Waals surface area contributed by atoms with Crippen molar-refractivity contribution in [3.8, 4) is 0 Å². The third-order valence-electron chi connectivity index (χ3n) is 2.07. The molecule has 0 saturated heterocycles. The zero-order valence-corrected chi connectivity index (χ0v) is 7.18. The van der Waals surface area contributed by atoms with E-state index < -0.39 is 6.04 Å². The van der Waals surface area contributed by atoms with Gasteiger partial charge in [0.1, 0.15) is 6.61 Å². The molecular weight excluding hydrogens is 172 g/mol. The quantitative estimate of drug-likeness (QED) is 0.603. The molecule has 1 aromatic rings. The summed E-state index contributed by atoms with van der Waals surface area (Å²) < 4.78 is 7.10. The fraction of sp³-hybridized carbons (Fsp3) is 0.714. The number of fused-ring (bicyclic) bond motifs is 1. The lowest BCUT2D eigenvalue weighted by Crippen LogP contribution is -2.24. The smallest absolute Gasteiger partial charge is 0.159 e. The van der Waals surface area contributed by atoms with Crippen molar-refractivity contribution in [3.05, 3.63) is 11.6 Å². The predicted octanol–water partition coefficient (Wildman–Crippen LogP) is -1.20. The molecule has 1 aliphatic heterocycles. The van der Waals surface area contributed by atoms with Crippen molar-refractivity contribution in [1.29, 1.82) is 0 Å². The Morgan fingerprint density at radius 2 is 2.46 bits per heavy atom. The SMILES string of the molecule is NC(CO)c1nnc2n1CCOC2. The molecule has 72 valence electrons. The summed E-state index contributed by atoms with van der Waals surface area (Å²) in [5.74, 6) is 1.42. The minimum atomic E-state index is -0.445. The van der Waals surface area contributed by atoms with Gasteiger partial charge in [-0.2, -0.15) is 0 Å². The van der Waals surface area contributed by atoms with Gasteiger partial charge in [-0.05, 0) is 0 Å². The summed E-state index contributed by atoms with van der Waals surface area (Å²) in [5, 5.41) is 16.7. The van der Waals surface area contributed by atoms with Crippen LogP contribution in [0.25, 0.3) is 0 Å². The third-order valence-corrected chi connectivity index (χ3v) is 2.07. The largest absolute Gasteiger partial charge is 0.394 e. The Hall–Kier alpha value is -0.980. The molecule has 0 aliphatic carbocycles. The second kappa shape index (κ2) is 3.41. The molecule has 0 amide bonds. The van der Waals surface area contributed by atoms with Gasteiger partial charge in [0.2, 0.25) is 0 Å². The number of nitrogens with two attached hydrogens (primary N) is 1. The number of hydrogen-bond acceptors (Lipinski definition) is 5. The minimum Gasteiger partial charge on any atom is -0.394 e. The van der Waals surface area contributed by atoms with Crippen molar-refractivity contribution in [2.75, 3.05) is 13.2 Å². The predicted molar refractivity (Wildman–Crippen MR) is 43.7 cm³/mol. The van der Waals surface area contributed by atoms with Crippen LogP contribution in [0.5, 0.6) is 0 Å². The normalized spacial score (nSPS) is 18.3. The first-order valence-corrected chi connectivity index (χ1v) is 4.19. The summed E-state index contributed by atoms with van der Waals surface area (Å²) in [6, 6.07) is -0.445. The Bertz CT molecular complexity index is 299. The fourth-order valence-electron chi connectivity index (χ4n) is 1.37. The van der Waals surface area contributed by atoms with Gasteiger partial charge in [0.05, 0.1) is 19.3 Å². The summed E-state index contributed by atoms with van der Waals surface area (Å²) in [7, 11) is 0. The van der Waals surface area contributed by atoms with Crippen LogP contribution in [-0.4, -0.2) is 33.1 Å². The van der Waals surface area contributed by atoms with Gasteiger partial charge >= 0.3 is 0 Å². The van der Waals surface area contributed by atoms with Crippen LogP contribution in [0.1, 0.15) is 17.7 Å². The average molecular weight is 184 g/mol. The molecule has 1 aliphatic rings. The van der Waals surface area contributed by atoms with Gasteiger partial charge in [-0.25, -0.2) is 0 Å². The molecule has 6 heteroatoms. The molecule has 13 heavy (non-hydrogen) atoms. The zero-order chi connectivity index (χ0) is 9.26. The van der Waals surface area contributed by atoms with Crippen LogP contribution in [-0.2, 0) is 17.9 Å². The number of aliphatic hydroxyl groups excluding tert-OH is 1. The van der Waals surface area contributed by atoms with Crippen LogP contribution in [0.15, 0.2) is 0 Å². The van der Waals surface area contributed by atoms with E-state index >= 15 is 0 Å². The molecule has 0 aromatic carbocycles. The molecule has 2 heterocycles. The second-order valence-electron chi connectivity index (χ2n) is 2.97. The van der Waals surface area contributed by atoms with Crippen molar-refractivity contribution >= 4 is 0 Å². The van der Waals surface area contributed by atoms with Crippen LogP contribution in [0, 0.1) is 0 Å². The highest BCUT2D eigenvalue weighted by Gasteiger charge is 2.19. The molecule has 0 spiro atoms. The van der Waals surface area contributed by atoms with E-state index in [1.807, 2.05) is 4.57 Å². The molecule has 3 N–H and O–H groups in total. The van der Waals surface area contributed by atoms with Crippen LogP contribution in [0.2, 0.25) is 0 Å². The van der Waals surface area contributed by atoms with Gasteiger partial charge in [-0.1, -0.05) is 0 Å².